The van der Waals surface area contributed by atoms with Crippen LogP contribution in [-0.4, -0.2) is 11.2 Å². The molecule has 1 aliphatic carbocycles. The van der Waals surface area contributed by atoms with Gasteiger partial charge in [0, 0.05) is 6.10 Å². The maximum Gasteiger partial charge on any atom is 1.00 e. The van der Waals surface area contributed by atoms with Crippen molar-refractivity contribution in [1.82, 2.24) is 0 Å². The third-order valence-corrected chi connectivity index (χ3v) is 1.41. The van der Waals surface area contributed by atoms with E-state index in [2.05, 4.69) is 6.42 Å². The number of aliphatic hydroxyl groups is 1. The third-order valence-electron chi connectivity index (χ3n) is 1.41. The monoisotopic (exact) mass is 269 g/mol. The van der Waals surface area contributed by atoms with Crippen LogP contribution in [0, 0.1) is 6.42 Å². The predicted octanol–water partition coefficient (Wildman–Crippen LogP) is -4.87. The van der Waals surface area contributed by atoms with Crippen LogP contribution in [0.3, 0.4) is 0 Å². The molecule has 0 radical (unpaired) electrons. The van der Waals surface area contributed by atoms with Gasteiger partial charge in [0.25, 0.3) is 0 Å². The number of hydrogen-bond acceptors (Lipinski definition) is 1. The van der Waals surface area contributed by atoms with Crippen molar-refractivity contribution in [3.05, 3.63) is 6.42 Å². The third kappa shape index (κ3) is 7.92. The molecule has 1 fully saturated rings. The molecule has 0 aromatic heterocycles. The molecule has 9 heavy (non-hydrogen) atoms. The van der Waals surface area contributed by atoms with E-state index in [-0.39, 0.29) is 122 Å². The zero-order valence-electron chi connectivity index (χ0n) is 6.43. The van der Waals surface area contributed by atoms with Crippen LogP contribution in [0.4, 0.5) is 0 Å². The van der Waals surface area contributed by atoms with Gasteiger partial charge in [0.1, 0.15) is 0 Å². The first-order valence-corrected chi connectivity index (χ1v) is 2.89. The van der Waals surface area contributed by atoms with Gasteiger partial charge in [-0.15, -0.1) is 0 Å². The van der Waals surface area contributed by atoms with Crippen molar-refractivity contribution in [2.24, 2.45) is 0 Å². The molecule has 1 nitrogen and oxygen atoms in total. The Morgan fingerprint density at radius 2 is 1.56 bits per heavy atom. The minimum atomic E-state index is 0. The summed E-state index contributed by atoms with van der Waals surface area (Å²) in [6.07, 6.45) is 6.44. The van der Waals surface area contributed by atoms with Crippen LogP contribution in [-0.2, 0) is 0 Å². The summed E-state index contributed by atoms with van der Waals surface area (Å²) in [6, 6.07) is 0. The average Bonchev–Trinajstić information content (AvgIpc) is 1.69. The molecule has 42 valence electrons. The first-order valence-electron chi connectivity index (χ1n) is 2.89. The summed E-state index contributed by atoms with van der Waals surface area (Å²) in [5.41, 5.74) is 0. The second-order valence-corrected chi connectivity index (χ2v) is 2.10. The minimum absolute atomic E-state index is 0. The first kappa shape index (κ1) is 15.1. The maximum atomic E-state index is 8.89. The number of hydrogen-bond donors (Lipinski definition) is 1. The molecule has 0 amide bonds. The average molecular weight is 270 g/mol. The number of aliphatic hydroxyl groups excluding tert-OH is 1. The standard InChI is InChI=1S/C6H11O.2Rb/c7-6-4-2-1-3-5-6;;/h1,6-7H,2-5H2;;/q-1;2*+1. The minimum Gasteiger partial charge on any atom is -0.393 e. The van der Waals surface area contributed by atoms with Gasteiger partial charge in [-0.25, -0.2) is 0 Å². The topological polar surface area (TPSA) is 20.2 Å². The smallest absolute Gasteiger partial charge is 0.393 e. The molecule has 0 heterocycles. The van der Waals surface area contributed by atoms with Crippen LogP contribution in [0.1, 0.15) is 25.7 Å². The Morgan fingerprint density at radius 3 is 1.78 bits per heavy atom. The van der Waals surface area contributed by atoms with Crippen molar-refractivity contribution in [2.75, 3.05) is 0 Å². The SMILES string of the molecule is OC1CC[CH-]CC1.[Rb+].[Rb+]. The Labute approximate surface area is 155 Å². The second kappa shape index (κ2) is 9.66. The van der Waals surface area contributed by atoms with E-state index in [0.717, 1.165) is 25.7 Å². The van der Waals surface area contributed by atoms with E-state index in [1.807, 2.05) is 0 Å². The molecule has 0 bridgehead atoms. The van der Waals surface area contributed by atoms with Crippen molar-refractivity contribution in [3.63, 3.8) is 0 Å². The van der Waals surface area contributed by atoms with Gasteiger partial charge >= 0.3 is 116 Å². The molecule has 1 aliphatic rings. The van der Waals surface area contributed by atoms with E-state index < -0.39 is 0 Å². The van der Waals surface area contributed by atoms with Crippen molar-refractivity contribution in [1.29, 1.82) is 0 Å². The van der Waals surface area contributed by atoms with Crippen LogP contribution in [0.15, 0.2) is 0 Å². The first-order chi connectivity index (χ1) is 3.39. The summed E-state index contributed by atoms with van der Waals surface area (Å²) in [5, 5.41) is 8.89. The molecule has 0 atom stereocenters. The van der Waals surface area contributed by atoms with E-state index in [1.54, 1.807) is 0 Å². The normalized spacial score (nSPS) is 19.7. The van der Waals surface area contributed by atoms with Crippen molar-refractivity contribution in [2.45, 2.75) is 31.8 Å². The fourth-order valence-electron chi connectivity index (χ4n) is 0.909. The predicted molar refractivity (Wildman–Crippen MR) is 28.8 cm³/mol. The largest absolute Gasteiger partial charge is 1.00 e. The van der Waals surface area contributed by atoms with E-state index >= 15 is 0 Å². The quantitative estimate of drug-likeness (QED) is 0.438. The van der Waals surface area contributed by atoms with Crippen LogP contribution in [0.5, 0.6) is 0 Å². The maximum absolute atomic E-state index is 8.89. The molecule has 1 saturated carbocycles. The van der Waals surface area contributed by atoms with Gasteiger partial charge in [0.15, 0.2) is 0 Å². The Kier molecular flexibility index (Phi) is 16.2. The van der Waals surface area contributed by atoms with Gasteiger partial charge in [-0.1, -0.05) is 12.8 Å². The molecule has 0 aromatic carbocycles. The molecule has 1 N–H and O–H groups in total. The molecule has 0 aromatic rings. The van der Waals surface area contributed by atoms with Crippen LogP contribution < -0.4 is 116 Å². The van der Waals surface area contributed by atoms with Crippen molar-refractivity contribution < 1.29 is 121 Å². The molecule has 3 heteroatoms. The van der Waals surface area contributed by atoms with Gasteiger partial charge in [-0.3, -0.25) is 0 Å². The van der Waals surface area contributed by atoms with E-state index in [4.69, 9.17) is 5.11 Å². The second-order valence-electron chi connectivity index (χ2n) is 2.10. The van der Waals surface area contributed by atoms with Gasteiger partial charge < -0.3 is 11.5 Å². The summed E-state index contributed by atoms with van der Waals surface area (Å²) in [5.74, 6) is 0. The summed E-state index contributed by atoms with van der Waals surface area (Å²) in [4.78, 5) is 0. The van der Waals surface area contributed by atoms with Gasteiger partial charge in [-0.05, 0) is 0 Å². The van der Waals surface area contributed by atoms with Crippen LogP contribution >= 0.6 is 0 Å². The molecule has 1 rings (SSSR count). The Bertz CT molecular complexity index is 53.0. The molecular formula is C6H11ORb2+. The van der Waals surface area contributed by atoms with Crippen LogP contribution in [0.25, 0.3) is 0 Å². The van der Waals surface area contributed by atoms with Gasteiger partial charge in [0.05, 0.1) is 0 Å². The van der Waals surface area contributed by atoms with Gasteiger partial charge in [0.2, 0.25) is 0 Å². The van der Waals surface area contributed by atoms with E-state index in [0.29, 0.717) is 0 Å². The number of rotatable bonds is 0. The van der Waals surface area contributed by atoms with Crippen molar-refractivity contribution >= 4 is 0 Å². The molecular weight excluding hydrogens is 259 g/mol. The van der Waals surface area contributed by atoms with Crippen LogP contribution in [0.2, 0.25) is 0 Å². The summed E-state index contributed by atoms with van der Waals surface area (Å²) in [7, 11) is 0. The zero-order chi connectivity index (χ0) is 5.11. The van der Waals surface area contributed by atoms with Crippen molar-refractivity contribution in [3.8, 4) is 0 Å². The summed E-state index contributed by atoms with van der Waals surface area (Å²) < 4.78 is 0. The molecule has 0 unspecified atom stereocenters. The fourth-order valence-corrected chi connectivity index (χ4v) is 0.909. The Morgan fingerprint density at radius 1 is 1.11 bits per heavy atom. The summed E-state index contributed by atoms with van der Waals surface area (Å²) in [6.45, 7) is 0. The molecule has 0 spiro atoms. The molecule has 0 aliphatic heterocycles. The molecule has 0 saturated heterocycles. The fraction of sp³-hybridized carbons (Fsp3) is 0.833. The Hall–Kier alpha value is 3.57. The van der Waals surface area contributed by atoms with E-state index in [9.17, 15) is 0 Å². The van der Waals surface area contributed by atoms with E-state index in [1.165, 1.54) is 0 Å². The zero-order valence-corrected chi connectivity index (χ0v) is 16.3. The Balaban J connectivity index is 0. The summed E-state index contributed by atoms with van der Waals surface area (Å²) >= 11 is 0. The van der Waals surface area contributed by atoms with Gasteiger partial charge in [-0.2, -0.15) is 12.8 Å².